The van der Waals surface area contributed by atoms with Crippen LogP contribution < -0.4 is 10.6 Å². The summed E-state index contributed by atoms with van der Waals surface area (Å²) in [5, 5.41) is 11.8. The Bertz CT molecular complexity index is 434. The molecule has 1 aromatic heterocycles. The summed E-state index contributed by atoms with van der Waals surface area (Å²) in [7, 11) is 0. The first-order valence-electron chi connectivity index (χ1n) is 6.33. The van der Waals surface area contributed by atoms with Gasteiger partial charge in [0.1, 0.15) is 0 Å². The monoisotopic (exact) mass is 249 g/mol. The summed E-state index contributed by atoms with van der Waals surface area (Å²) in [6, 6.07) is 0.459. The average Bonchev–Trinajstić information content (AvgIpc) is 2.46. The van der Waals surface area contributed by atoms with Gasteiger partial charge in [0.05, 0.1) is 0 Å². The Balaban J connectivity index is 2.37. The molecule has 1 aromatic rings. The van der Waals surface area contributed by atoms with Gasteiger partial charge in [-0.15, -0.1) is 0 Å². The number of aromatic nitrogens is 2. The van der Waals surface area contributed by atoms with Gasteiger partial charge in [-0.3, -0.25) is 0 Å². The van der Waals surface area contributed by atoms with Crippen LogP contribution in [0.4, 0.5) is 5.82 Å². The lowest BCUT2D eigenvalue weighted by Gasteiger charge is -2.36. The van der Waals surface area contributed by atoms with Crippen molar-refractivity contribution in [1.29, 1.82) is 0 Å². The number of oxime groups is 1. The van der Waals surface area contributed by atoms with E-state index >= 15 is 0 Å². The highest BCUT2D eigenvalue weighted by molar-refractivity contribution is 5.99. The van der Waals surface area contributed by atoms with Gasteiger partial charge >= 0.3 is 0 Å². The number of amidine groups is 1. The standard InChI is InChI=1S/C12H19N5O/c1-2-9-5-3-4-8-17(9)12-10(11(13)16-18)14-6-7-15-12/h6-7,9,18H,2-5,8H2,1H3,(H2,13,16). The van der Waals surface area contributed by atoms with Gasteiger partial charge in [0.25, 0.3) is 0 Å². The number of hydrogen-bond acceptors (Lipinski definition) is 5. The number of rotatable bonds is 3. The molecule has 1 unspecified atom stereocenters. The van der Waals surface area contributed by atoms with E-state index in [4.69, 9.17) is 10.9 Å². The van der Waals surface area contributed by atoms with E-state index in [1.807, 2.05) is 0 Å². The van der Waals surface area contributed by atoms with E-state index in [0.717, 1.165) is 31.6 Å². The third-order valence-electron chi connectivity index (χ3n) is 3.40. The predicted molar refractivity (Wildman–Crippen MR) is 69.8 cm³/mol. The van der Waals surface area contributed by atoms with E-state index in [1.54, 1.807) is 12.4 Å². The van der Waals surface area contributed by atoms with Crippen molar-refractivity contribution >= 4 is 11.7 Å². The maximum Gasteiger partial charge on any atom is 0.192 e. The zero-order valence-electron chi connectivity index (χ0n) is 10.6. The molecule has 1 atom stereocenters. The molecule has 1 fully saturated rings. The highest BCUT2D eigenvalue weighted by Gasteiger charge is 2.25. The Hall–Kier alpha value is -1.85. The molecule has 0 saturated carbocycles. The third kappa shape index (κ3) is 2.37. The second-order valence-electron chi connectivity index (χ2n) is 4.47. The van der Waals surface area contributed by atoms with E-state index in [9.17, 15) is 0 Å². The van der Waals surface area contributed by atoms with Gasteiger partial charge < -0.3 is 15.8 Å². The molecular formula is C12H19N5O. The van der Waals surface area contributed by atoms with Crippen molar-refractivity contribution in [3.63, 3.8) is 0 Å². The zero-order chi connectivity index (χ0) is 13.0. The van der Waals surface area contributed by atoms with E-state index in [1.165, 1.54) is 6.42 Å². The van der Waals surface area contributed by atoms with Crippen molar-refractivity contribution in [2.75, 3.05) is 11.4 Å². The van der Waals surface area contributed by atoms with Crippen LogP contribution in [-0.2, 0) is 0 Å². The first-order chi connectivity index (χ1) is 8.77. The van der Waals surface area contributed by atoms with Crippen molar-refractivity contribution in [2.45, 2.75) is 38.6 Å². The van der Waals surface area contributed by atoms with Gasteiger partial charge in [0, 0.05) is 25.0 Å². The Kier molecular flexibility index (Phi) is 3.96. The number of piperidine rings is 1. The Morgan fingerprint density at radius 3 is 3.00 bits per heavy atom. The number of nitrogens with two attached hydrogens (primary N) is 1. The molecular weight excluding hydrogens is 230 g/mol. The van der Waals surface area contributed by atoms with Crippen LogP contribution in [0.15, 0.2) is 17.5 Å². The summed E-state index contributed by atoms with van der Waals surface area (Å²) in [6.45, 7) is 3.12. The van der Waals surface area contributed by atoms with Crippen LogP contribution in [0.2, 0.25) is 0 Å². The molecule has 0 bridgehead atoms. The second-order valence-corrected chi connectivity index (χ2v) is 4.47. The molecule has 0 radical (unpaired) electrons. The Morgan fingerprint density at radius 1 is 1.50 bits per heavy atom. The topological polar surface area (TPSA) is 87.6 Å². The van der Waals surface area contributed by atoms with Gasteiger partial charge in [-0.2, -0.15) is 0 Å². The molecule has 6 nitrogen and oxygen atoms in total. The SMILES string of the molecule is CCC1CCCCN1c1nccnc1C(N)=NO. The molecule has 3 N–H and O–H groups in total. The van der Waals surface area contributed by atoms with Crippen LogP contribution in [0.1, 0.15) is 38.3 Å². The fourth-order valence-electron chi connectivity index (χ4n) is 2.47. The van der Waals surface area contributed by atoms with Crippen LogP contribution >= 0.6 is 0 Å². The average molecular weight is 249 g/mol. The van der Waals surface area contributed by atoms with Crippen molar-refractivity contribution < 1.29 is 5.21 Å². The lowest BCUT2D eigenvalue weighted by atomic mass is 10.00. The molecule has 0 aliphatic carbocycles. The maximum atomic E-state index is 8.81. The fraction of sp³-hybridized carbons (Fsp3) is 0.583. The van der Waals surface area contributed by atoms with Crippen LogP contribution in [0.3, 0.4) is 0 Å². The quantitative estimate of drug-likeness (QED) is 0.365. The Labute approximate surface area is 107 Å². The van der Waals surface area contributed by atoms with Crippen LogP contribution in [0.25, 0.3) is 0 Å². The molecule has 18 heavy (non-hydrogen) atoms. The van der Waals surface area contributed by atoms with Crippen molar-refractivity contribution in [1.82, 2.24) is 9.97 Å². The predicted octanol–water partition coefficient (Wildman–Crippen LogP) is 1.34. The summed E-state index contributed by atoms with van der Waals surface area (Å²) in [4.78, 5) is 10.8. The lowest BCUT2D eigenvalue weighted by Crippen LogP contribution is -2.41. The molecule has 1 aliphatic heterocycles. The highest BCUT2D eigenvalue weighted by Crippen LogP contribution is 2.26. The summed E-state index contributed by atoms with van der Waals surface area (Å²) in [5.41, 5.74) is 6.12. The van der Waals surface area contributed by atoms with Crippen molar-refractivity contribution in [3.05, 3.63) is 18.1 Å². The maximum absolute atomic E-state index is 8.81. The molecule has 2 heterocycles. The van der Waals surface area contributed by atoms with Crippen LogP contribution in [-0.4, -0.2) is 33.6 Å². The molecule has 6 heteroatoms. The van der Waals surface area contributed by atoms with E-state index in [2.05, 4.69) is 26.9 Å². The molecule has 0 spiro atoms. The molecule has 0 amide bonds. The van der Waals surface area contributed by atoms with Gasteiger partial charge in [0.15, 0.2) is 17.3 Å². The number of hydrogen-bond donors (Lipinski definition) is 2. The summed E-state index contributed by atoms with van der Waals surface area (Å²) >= 11 is 0. The number of nitrogens with zero attached hydrogens (tertiary/aromatic N) is 4. The van der Waals surface area contributed by atoms with Crippen molar-refractivity contribution in [3.8, 4) is 0 Å². The number of anilines is 1. The van der Waals surface area contributed by atoms with Gasteiger partial charge in [-0.1, -0.05) is 12.1 Å². The minimum absolute atomic E-state index is 0.0125. The van der Waals surface area contributed by atoms with Gasteiger partial charge in [-0.25, -0.2) is 9.97 Å². The van der Waals surface area contributed by atoms with Crippen LogP contribution in [0, 0.1) is 0 Å². The molecule has 98 valence electrons. The van der Waals surface area contributed by atoms with Crippen molar-refractivity contribution in [2.24, 2.45) is 10.9 Å². The minimum atomic E-state index is 0.0125. The first kappa shape index (κ1) is 12.6. The summed E-state index contributed by atoms with van der Waals surface area (Å²) < 4.78 is 0. The second kappa shape index (κ2) is 5.66. The lowest BCUT2D eigenvalue weighted by molar-refractivity contribution is 0.318. The molecule has 1 aliphatic rings. The molecule has 1 saturated heterocycles. The zero-order valence-corrected chi connectivity index (χ0v) is 10.6. The first-order valence-corrected chi connectivity index (χ1v) is 6.33. The fourth-order valence-corrected chi connectivity index (χ4v) is 2.47. The summed E-state index contributed by atoms with van der Waals surface area (Å²) in [6.07, 6.45) is 7.80. The summed E-state index contributed by atoms with van der Waals surface area (Å²) in [5.74, 6) is 0.734. The molecule has 0 aromatic carbocycles. The van der Waals surface area contributed by atoms with Gasteiger partial charge in [-0.05, 0) is 25.7 Å². The minimum Gasteiger partial charge on any atom is -0.409 e. The van der Waals surface area contributed by atoms with E-state index in [-0.39, 0.29) is 5.84 Å². The van der Waals surface area contributed by atoms with E-state index < -0.39 is 0 Å². The smallest absolute Gasteiger partial charge is 0.192 e. The third-order valence-corrected chi connectivity index (χ3v) is 3.40. The molecule has 2 rings (SSSR count). The normalized spacial score (nSPS) is 21.1. The highest BCUT2D eigenvalue weighted by atomic mass is 16.4. The van der Waals surface area contributed by atoms with Crippen LogP contribution in [0.5, 0.6) is 0 Å². The Morgan fingerprint density at radius 2 is 2.28 bits per heavy atom. The van der Waals surface area contributed by atoms with E-state index in [0.29, 0.717) is 11.7 Å². The largest absolute Gasteiger partial charge is 0.409 e. The van der Waals surface area contributed by atoms with Gasteiger partial charge in [0.2, 0.25) is 0 Å².